The van der Waals surface area contributed by atoms with E-state index in [0.29, 0.717) is 10.8 Å². The topological polar surface area (TPSA) is 63.5 Å². The van der Waals surface area contributed by atoms with Crippen molar-refractivity contribution in [2.75, 3.05) is 5.32 Å². The van der Waals surface area contributed by atoms with E-state index in [9.17, 15) is 13.2 Å². The number of hydrazone groups is 1. The van der Waals surface area contributed by atoms with Crippen molar-refractivity contribution in [1.82, 2.24) is 15.0 Å². The van der Waals surface area contributed by atoms with Gasteiger partial charge in [-0.1, -0.05) is 36.4 Å². The number of hydrogen-bond donors (Lipinski definition) is 2. The first-order valence-electron chi connectivity index (χ1n) is 11.6. The van der Waals surface area contributed by atoms with Gasteiger partial charge in [-0.15, -0.1) is 13.2 Å². The summed E-state index contributed by atoms with van der Waals surface area (Å²) in [5.41, 5.74) is 9.14. The fourth-order valence-corrected chi connectivity index (χ4v) is 4.40. The molecule has 0 radical (unpaired) electrons. The molecule has 192 valence electrons. The molecule has 0 aliphatic carbocycles. The summed E-state index contributed by atoms with van der Waals surface area (Å²) in [4.78, 5) is 4.55. The number of rotatable bonds is 5. The number of aryl methyl sites for hydroxylation is 2. The van der Waals surface area contributed by atoms with Crippen LogP contribution in [0, 0.1) is 13.8 Å². The lowest BCUT2D eigenvalue weighted by atomic mass is 10.1. The zero-order chi connectivity index (χ0) is 26.9. The summed E-state index contributed by atoms with van der Waals surface area (Å²) in [6.45, 7) is 4.03. The standard InChI is InChI=1S/C28H22F3N5OS/c1-17-4-3-5-18(2)25(17)34-27(38)35-33-15-19-6-12-23-20(14-19)7-13-24-26(23)32-16-36(24)21-8-10-22(11-9-21)37-28(29,30)31/h3-16H,1-2H3,(H2,34,35,38)/b33-15-. The molecular formula is C28H22F3N5OS. The first-order valence-corrected chi connectivity index (χ1v) is 12.0. The number of benzene rings is 4. The third-order valence-corrected chi connectivity index (χ3v) is 6.20. The van der Waals surface area contributed by atoms with Gasteiger partial charge in [0.1, 0.15) is 12.1 Å². The second kappa shape index (κ2) is 10.1. The van der Waals surface area contributed by atoms with Crippen LogP contribution in [0.5, 0.6) is 5.75 Å². The van der Waals surface area contributed by atoms with E-state index in [1.54, 1.807) is 24.7 Å². The van der Waals surface area contributed by atoms with Gasteiger partial charge in [-0.2, -0.15) is 5.10 Å². The number of fused-ring (bicyclic) bond motifs is 3. The number of ether oxygens (including phenoxy) is 1. The van der Waals surface area contributed by atoms with Crippen LogP contribution < -0.4 is 15.5 Å². The van der Waals surface area contributed by atoms with E-state index in [0.717, 1.165) is 44.2 Å². The number of hydrogen-bond acceptors (Lipinski definition) is 4. The van der Waals surface area contributed by atoms with Crippen LogP contribution in [0.2, 0.25) is 0 Å². The Kier molecular flexibility index (Phi) is 6.73. The van der Waals surface area contributed by atoms with Gasteiger partial charge in [-0.05, 0) is 84.5 Å². The Bertz CT molecular complexity index is 1660. The van der Waals surface area contributed by atoms with Crippen LogP contribution in [0.25, 0.3) is 27.5 Å². The maximum absolute atomic E-state index is 12.5. The molecule has 5 rings (SSSR count). The van der Waals surface area contributed by atoms with Crippen LogP contribution in [0.1, 0.15) is 16.7 Å². The third kappa shape index (κ3) is 5.45. The van der Waals surface area contributed by atoms with Crippen molar-refractivity contribution in [3.8, 4) is 11.4 Å². The largest absolute Gasteiger partial charge is 0.573 e. The van der Waals surface area contributed by atoms with Gasteiger partial charge in [-0.25, -0.2) is 4.98 Å². The summed E-state index contributed by atoms with van der Waals surface area (Å²) in [6.07, 6.45) is -1.40. The molecule has 4 aromatic carbocycles. The zero-order valence-electron chi connectivity index (χ0n) is 20.4. The van der Waals surface area contributed by atoms with Crippen LogP contribution in [-0.2, 0) is 0 Å². The van der Waals surface area contributed by atoms with Gasteiger partial charge >= 0.3 is 6.36 Å². The molecule has 0 spiro atoms. The summed E-state index contributed by atoms with van der Waals surface area (Å²) in [7, 11) is 0. The van der Waals surface area contributed by atoms with E-state index in [1.807, 2.05) is 66.9 Å². The van der Waals surface area contributed by atoms with E-state index in [2.05, 4.69) is 25.6 Å². The minimum Gasteiger partial charge on any atom is -0.406 e. The van der Waals surface area contributed by atoms with Crippen LogP contribution in [0.4, 0.5) is 18.9 Å². The number of imidazole rings is 1. The SMILES string of the molecule is Cc1cccc(C)c1NC(=S)N/N=C\c1ccc2c(ccc3c2ncn3-c2ccc(OC(F)(F)F)cc2)c1. The Balaban J connectivity index is 1.32. The minimum atomic E-state index is -4.73. The van der Waals surface area contributed by atoms with E-state index < -0.39 is 6.36 Å². The maximum Gasteiger partial charge on any atom is 0.573 e. The van der Waals surface area contributed by atoms with E-state index in [-0.39, 0.29) is 5.75 Å². The fraction of sp³-hybridized carbons (Fsp3) is 0.107. The molecule has 0 aliphatic rings. The van der Waals surface area contributed by atoms with Crippen LogP contribution in [0.15, 0.2) is 84.2 Å². The molecule has 6 nitrogen and oxygen atoms in total. The molecule has 0 aliphatic heterocycles. The lowest BCUT2D eigenvalue weighted by Gasteiger charge is -2.12. The van der Waals surface area contributed by atoms with Crippen LogP contribution in [0.3, 0.4) is 0 Å². The molecular weight excluding hydrogens is 511 g/mol. The highest BCUT2D eigenvalue weighted by Crippen LogP contribution is 2.29. The third-order valence-electron chi connectivity index (χ3n) is 6.00. The molecule has 0 amide bonds. The van der Waals surface area contributed by atoms with Gasteiger partial charge in [0.15, 0.2) is 5.11 Å². The van der Waals surface area contributed by atoms with Crippen molar-refractivity contribution in [2.24, 2.45) is 5.10 Å². The van der Waals surface area contributed by atoms with Crippen molar-refractivity contribution in [2.45, 2.75) is 20.2 Å². The second-order valence-corrected chi connectivity index (χ2v) is 9.07. The average Bonchev–Trinajstić information content (AvgIpc) is 3.30. The molecule has 0 fully saturated rings. The highest BCUT2D eigenvalue weighted by Gasteiger charge is 2.31. The number of anilines is 1. The zero-order valence-corrected chi connectivity index (χ0v) is 21.2. The van der Waals surface area contributed by atoms with Gasteiger partial charge in [-0.3, -0.25) is 9.99 Å². The molecule has 5 aromatic rings. The molecule has 0 bridgehead atoms. The molecule has 38 heavy (non-hydrogen) atoms. The molecule has 0 atom stereocenters. The lowest BCUT2D eigenvalue weighted by molar-refractivity contribution is -0.274. The average molecular weight is 534 g/mol. The van der Waals surface area contributed by atoms with E-state index >= 15 is 0 Å². The summed E-state index contributed by atoms with van der Waals surface area (Å²) in [5, 5.41) is 9.75. The number of aromatic nitrogens is 2. The monoisotopic (exact) mass is 533 g/mol. The van der Waals surface area contributed by atoms with Crippen molar-refractivity contribution in [3.63, 3.8) is 0 Å². The molecule has 1 heterocycles. The molecule has 0 unspecified atom stereocenters. The number of nitrogens with zero attached hydrogens (tertiary/aromatic N) is 3. The van der Waals surface area contributed by atoms with Gasteiger partial charge in [0.05, 0.1) is 17.2 Å². The first-order chi connectivity index (χ1) is 18.2. The Hall–Kier alpha value is -4.44. The second-order valence-electron chi connectivity index (χ2n) is 8.66. The predicted molar refractivity (Wildman–Crippen MR) is 148 cm³/mol. The van der Waals surface area contributed by atoms with Crippen LogP contribution in [-0.4, -0.2) is 27.2 Å². The number of nitrogens with one attached hydrogen (secondary N) is 2. The Labute approximate surface area is 221 Å². The molecule has 0 saturated carbocycles. The normalized spacial score (nSPS) is 11.8. The van der Waals surface area contributed by atoms with Crippen molar-refractivity contribution >= 4 is 51.0 Å². The molecule has 10 heteroatoms. The summed E-state index contributed by atoms with van der Waals surface area (Å²) in [6, 6.07) is 21.5. The molecule has 0 saturated heterocycles. The van der Waals surface area contributed by atoms with Crippen molar-refractivity contribution < 1.29 is 17.9 Å². The molecule has 1 aromatic heterocycles. The Morgan fingerprint density at radius 3 is 2.45 bits per heavy atom. The van der Waals surface area contributed by atoms with Gasteiger partial charge < -0.3 is 10.1 Å². The smallest absolute Gasteiger partial charge is 0.406 e. The highest BCUT2D eigenvalue weighted by atomic mass is 32.1. The summed E-state index contributed by atoms with van der Waals surface area (Å²) >= 11 is 5.37. The van der Waals surface area contributed by atoms with Gasteiger partial charge in [0.25, 0.3) is 0 Å². The quantitative estimate of drug-likeness (QED) is 0.145. The summed E-state index contributed by atoms with van der Waals surface area (Å²) < 4.78 is 43.1. The lowest BCUT2D eigenvalue weighted by Crippen LogP contribution is -2.24. The minimum absolute atomic E-state index is 0.276. The molecule has 2 N–H and O–H groups in total. The van der Waals surface area contributed by atoms with E-state index in [1.165, 1.54) is 12.1 Å². The maximum atomic E-state index is 12.5. The Morgan fingerprint density at radius 1 is 1.00 bits per heavy atom. The summed E-state index contributed by atoms with van der Waals surface area (Å²) in [5.74, 6) is -0.276. The van der Waals surface area contributed by atoms with E-state index in [4.69, 9.17) is 12.2 Å². The van der Waals surface area contributed by atoms with Crippen molar-refractivity contribution in [1.29, 1.82) is 0 Å². The Morgan fingerprint density at radius 2 is 1.74 bits per heavy atom. The number of para-hydroxylation sites is 1. The van der Waals surface area contributed by atoms with Gasteiger partial charge in [0.2, 0.25) is 0 Å². The predicted octanol–water partition coefficient (Wildman–Crippen LogP) is 7.01. The van der Waals surface area contributed by atoms with Gasteiger partial charge in [0, 0.05) is 16.8 Å². The van der Waals surface area contributed by atoms with Crippen molar-refractivity contribution in [3.05, 3.63) is 95.8 Å². The first kappa shape index (κ1) is 25.2. The van der Waals surface area contributed by atoms with Crippen LogP contribution >= 0.6 is 12.2 Å². The number of alkyl halides is 3. The fourth-order valence-electron chi connectivity index (χ4n) is 4.24. The number of halogens is 3. The highest BCUT2D eigenvalue weighted by molar-refractivity contribution is 7.80. The number of thiocarbonyl (C=S) groups is 1.